The van der Waals surface area contributed by atoms with E-state index in [1.165, 1.54) is 38.5 Å². The average Bonchev–Trinajstić information content (AvgIpc) is 2.36. The molecule has 0 bridgehead atoms. The normalized spacial score (nSPS) is 11.8. The summed E-state index contributed by atoms with van der Waals surface area (Å²) in [6, 6.07) is 0. The van der Waals surface area contributed by atoms with Crippen LogP contribution >= 0.6 is 0 Å². The van der Waals surface area contributed by atoms with Gasteiger partial charge in [-0.3, -0.25) is 0 Å². The lowest BCUT2D eigenvalue weighted by Crippen LogP contribution is -2.02. The molecule has 0 saturated carbocycles. The molecule has 0 aromatic heterocycles. The molecule has 1 atom stereocenters. The van der Waals surface area contributed by atoms with Gasteiger partial charge in [-0.25, -0.2) is 0 Å². The number of hydrogen-bond acceptors (Lipinski definition) is 2. The van der Waals surface area contributed by atoms with E-state index in [2.05, 4.69) is 13.8 Å². The molecule has 2 heteroatoms. The fourth-order valence-corrected chi connectivity index (χ4v) is 1.54. The Morgan fingerprint density at radius 1 is 0.765 bits per heavy atom. The van der Waals surface area contributed by atoms with Gasteiger partial charge in [-0.1, -0.05) is 65.7 Å². The lowest BCUT2D eigenvalue weighted by Gasteiger charge is -2.03. The molecule has 0 rings (SSSR count). The van der Waals surface area contributed by atoms with Crippen LogP contribution < -0.4 is 0 Å². The zero-order valence-corrected chi connectivity index (χ0v) is 12.2. The first-order valence-corrected chi connectivity index (χ1v) is 7.51. The van der Waals surface area contributed by atoms with Crippen LogP contribution in [0.2, 0.25) is 0 Å². The highest BCUT2D eigenvalue weighted by atomic mass is 16.3. The van der Waals surface area contributed by atoms with Crippen molar-refractivity contribution >= 4 is 0 Å². The molecule has 106 valence electrons. The van der Waals surface area contributed by atoms with E-state index in [1.54, 1.807) is 0 Å². The van der Waals surface area contributed by atoms with Gasteiger partial charge >= 0.3 is 0 Å². The minimum Gasteiger partial charge on any atom is -0.396 e. The van der Waals surface area contributed by atoms with Crippen LogP contribution in [0.1, 0.15) is 85.0 Å². The van der Waals surface area contributed by atoms with Crippen molar-refractivity contribution in [2.75, 3.05) is 6.61 Å². The lowest BCUT2D eigenvalue weighted by molar-refractivity contribution is 0.157. The van der Waals surface area contributed by atoms with E-state index in [0.717, 1.165) is 25.7 Å². The first-order chi connectivity index (χ1) is 8.22. The van der Waals surface area contributed by atoms with Crippen molar-refractivity contribution in [3.05, 3.63) is 0 Å². The standard InChI is InChI=1S/C8H18O.C7H16O/c1-2-3-4-5-6-7-8-9;1-3-5-6-7(8)4-2/h9H,2-8H2,1H3;7-8H,3-6H2,1-2H3. The highest BCUT2D eigenvalue weighted by Crippen LogP contribution is 2.03. The summed E-state index contributed by atoms with van der Waals surface area (Å²) in [6.45, 7) is 6.74. The largest absolute Gasteiger partial charge is 0.396 e. The first-order valence-electron chi connectivity index (χ1n) is 7.51. The SMILES string of the molecule is CCCCC(O)CC.CCCCCCCCO. The quantitative estimate of drug-likeness (QED) is 0.565. The summed E-state index contributed by atoms with van der Waals surface area (Å²) in [6.07, 6.45) is 11.7. The van der Waals surface area contributed by atoms with Gasteiger partial charge in [-0.05, 0) is 19.3 Å². The molecule has 0 aromatic carbocycles. The maximum absolute atomic E-state index is 8.99. The van der Waals surface area contributed by atoms with E-state index in [-0.39, 0.29) is 6.10 Å². The van der Waals surface area contributed by atoms with Gasteiger partial charge in [0, 0.05) is 6.61 Å². The summed E-state index contributed by atoms with van der Waals surface area (Å²) in [4.78, 5) is 0. The summed E-state index contributed by atoms with van der Waals surface area (Å²) in [5, 5.41) is 17.4. The van der Waals surface area contributed by atoms with Crippen LogP contribution in [-0.2, 0) is 0 Å². The van der Waals surface area contributed by atoms with E-state index in [1.807, 2.05) is 6.92 Å². The molecule has 1 unspecified atom stereocenters. The Balaban J connectivity index is 0. The summed E-state index contributed by atoms with van der Waals surface area (Å²) in [5.74, 6) is 0. The van der Waals surface area contributed by atoms with Crippen molar-refractivity contribution in [3.8, 4) is 0 Å². The van der Waals surface area contributed by atoms with Crippen molar-refractivity contribution in [2.24, 2.45) is 0 Å². The topological polar surface area (TPSA) is 40.5 Å². The Kier molecular flexibility index (Phi) is 20.7. The van der Waals surface area contributed by atoms with E-state index < -0.39 is 0 Å². The average molecular weight is 246 g/mol. The van der Waals surface area contributed by atoms with Gasteiger partial charge in [0.1, 0.15) is 0 Å². The Labute approximate surface area is 108 Å². The van der Waals surface area contributed by atoms with Crippen LogP contribution in [0.4, 0.5) is 0 Å². The fourth-order valence-electron chi connectivity index (χ4n) is 1.54. The third-order valence-corrected chi connectivity index (χ3v) is 2.87. The molecule has 0 fully saturated rings. The lowest BCUT2D eigenvalue weighted by atomic mass is 10.1. The second-order valence-corrected chi connectivity index (χ2v) is 4.70. The molecular weight excluding hydrogens is 212 g/mol. The molecule has 0 radical (unpaired) electrons. The van der Waals surface area contributed by atoms with Gasteiger partial charge in [-0.15, -0.1) is 0 Å². The van der Waals surface area contributed by atoms with Crippen molar-refractivity contribution in [3.63, 3.8) is 0 Å². The number of aliphatic hydroxyl groups excluding tert-OH is 2. The molecule has 0 aliphatic carbocycles. The van der Waals surface area contributed by atoms with Crippen LogP contribution in [0.3, 0.4) is 0 Å². The number of hydrogen-bond donors (Lipinski definition) is 2. The Hall–Kier alpha value is -0.0800. The minimum atomic E-state index is -0.0463. The Morgan fingerprint density at radius 3 is 1.76 bits per heavy atom. The van der Waals surface area contributed by atoms with Gasteiger partial charge in [0.05, 0.1) is 6.10 Å². The molecule has 0 aliphatic rings. The summed E-state index contributed by atoms with van der Waals surface area (Å²) in [5.41, 5.74) is 0. The van der Waals surface area contributed by atoms with Gasteiger partial charge < -0.3 is 10.2 Å². The van der Waals surface area contributed by atoms with Crippen LogP contribution in [0.15, 0.2) is 0 Å². The number of rotatable bonds is 10. The summed E-state index contributed by atoms with van der Waals surface area (Å²) in [7, 11) is 0. The molecule has 0 aromatic rings. The maximum Gasteiger partial charge on any atom is 0.0537 e. The smallest absolute Gasteiger partial charge is 0.0537 e. The molecule has 0 heterocycles. The fraction of sp³-hybridized carbons (Fsp3) is 1.00. The third-order valence-electron chi connectivity index (χ3n) is 2.87. The Bertz CT molecular complexity index is 109. The minimum absolute atomic E-state index is 0.0463. The molecule has 0 saturated heterocycles. The second-order valence-electron chi connectivity index (χ2n) is 4.70. The van der Waals surface area contributed by atoms with Crippen molar-refractivity contribution in [1.82, 2.24) is 0 Å². The predicted molar refractivity (Wildman–Crippen MR) is 76.3 cm³/mol. The van der Waals surface area contributed by atoms with E-state index in [0.29, 0.717) is 6.61 Å². The number of unbranched alkanes of at least 4 members (excludes halogenated alkanes) is 6. The zero-order valence-electron chi connectivity index (χ0n) is 12.2. The highest BCUT2D eigenvalue weighted by Gasteiger charge is 1.96. The zero-order chi connectivity index (χ0) is 13.4. The predicted octanol–water partition coefficient (Wildman–Crippen LogP) is 4.29. The van der Waals surface area contributed by atoms with Crippen molar-refractivity contribution in [2.45, 2.75) is 91.1 Å². The van der Waals surface area contributed by atoms with Gasteiger partial charge in [0.2, 0.25) is 0 Å². The number of aliphatic hydroxyl groups is 2. The first kappa shape index (κ1) is 19.3. The molecule has 2 nitrogen and oxygen atoms in total. The maximum atomic E-state index is 8.99. The molecule has 0 amide bonds. The summed E-state index contributed by atoms with van der Waals surface area (Å²) < 4.78 is 0. The van der Waals surface area contributed by atoms with E-state index in [9.17, 15) is 0 Å². The van der Waals surface area contributed by atoms with Crippen LogP contribution in [0.25, 0.3) is 0 Å². The van der Waals surface area contributed by atoms with Crippen LogP contribution in [0.5, 0.6) is 0 Å². The molecule has 17 heavy (non-hydrogen) atoms. The van der Waals surface area contributed by atoms with E-state index >= 15 is 0 Å². The van der Waals surface area contributed by atoms with Crippen molar-refractivity contribution < 1.29 is 10.2 Å². The molecular formula is C15H34O2. The third kappa shape index (κ3) is 21.7. The van der Waals surface area contributed by atoms with Crippen LogP contribution in [-0.4, -0.2) is 22.9 Å². The van der Waals surface area contributed by atoms with Gasteiger partial charge in [-0.2, -0.15) is 0 Å². The van der Waals surface area contributed by atoms with E-state index in [4.69, 9.17) is 10.2 Å². The highest BCUT2D eigenvalue weighted by molar-refractivity contribution is 4.50. The van der Waals surface area contributed by atoms with Gasteiger partial charge in [0.25, 0.3) is 0 Å². The molecule has 0 spiro atoms. The molecule has 0 aliphatic heterocycles. The Morgan fingerprint density at radius 2 is 1.29 bits per heavy atom. The van der Waals surface area contributed by atoms with Gasteiger partial charge in [0.15, 0.2) is 0 Å². The monoisotopic (exact) mass is 246 g/mol. The summed E-state index contributed by atoms with van der Waals surface area (Å²) >= 11 is 0. The van der Waals surface area contributed by atoms with Crippen LogP contribution in [0, 0.1) is 0 Å². The van der Waals surface area contributed by atoms with Crippen molar-refractivity contribution in [1.29, 1.82) is 0 Å². The molecule has 2 N–H and O–H groups in total. The second kappa shape index (κ2) is 18.3.